The van der Waals surface area contributed by atoms with Crippen molar-refractivity contribution < 1.29 is 9.47 Å². The molecule has 1 N–H and O–H groups in total. The summed E-state index contributed by atoms with van der Waals surface area (Å²) >= 11 is 0. The Hall–Kier alpha value is -1.26. The molecule has 1 saturated carbocycles. The summed E-state index contributed by atoms with van der Waals surface area (Å²) in [4.78, 5) is 2.60. The second-order valence-electron chi connectivity index (χ2n) is 6.06. The molecule has 0 radical (unpaired) electrons. The highest BCUT2D eigenvalue weighted by molar-refractivity contribution is 5.48. The zero-order valence-corrected chi connectivity index (χ0v) is 13.1. The lowest BCUT2D eigenvalue weighted by atomic mass is 9.97. The van der Waals surface area contributed by atoms with Crippen molar-refractivity contribution in [2.24, 2.45) is 5.92 Å². The Bertz CT molecular complexity index is 468. The van der Waals surface area contributed by atoms with E-state index in [1.165, 1.54) is 24.8 Å². The van der Waals surface area contributed by atoms with Crippen molar-refractivity contribution in [1.29, 1.82) is 0 Å². The molecule has 1 aliphatic carbocycles. The summed E-state index contributed by atoms with van der Waals surface area (Å²) in [5.74, 6) is 2.64. The summed E-state index contributed by atoms with van der Waals surface area (Å²) in [6, 6.07) is 6.72. The highest BCUT2D eigenvalue weighted by atomic mass is 16.5. The number of nitrogens with one attached hydrogen (secondary N) is 1. The molecular weight excluding hydrogens is 264 g/mol. The molecule has 116 valence electrons. The summed E-state index contributed by atoms with van der Waals surface area (Å²) in [5.41, 5.74) is 1.28. The Labute approximate surface area is 127 Å². The molecule has 1 aromatic carbocycles. The van der Waals surface area contributed by atoms with Gasteiger partial charge in [-0.3, -0.25) is 4.90 Å². The van der Waals surface area contributed by atoms with Crippen molar-refractivity contribution in [2.45, 2.75) is 25.3 Å². The van der Waals surface area contributed by atoms with Crippen molar-refractivity contribution >= 4 is 0 Å². The monoisotopic (exact) mass is 290 g/mol. The van der Waals surface area contributed by atoms with Crippen LogP contribution in [0, 0.1) is 5.92 Å². The Kier molecular flexibility index (Phi) is 4.66. The van der Waals surface area contributed by atoms with Crippen LogP contribution in [0.1, 0.15) is 30.9 Å². The average molecular weight is 290 g/mol. The van der Waals surface area contributed by atoms with Crippen molar-refractivity contribution in [2.75, 3.05) is 40.4 Å². The minimum absolute atomic E-state index is 0.449. The molecule has 4 heteroatoms. The molecule has 1 aromatic rings. The van der Waals surface area contributed by atoms with E-state index in [1.54, 1.807) is 14.2 Å². The van der Waals surface area contributed by atoms with Gasteiger partial charge in [-0.25, -0.2) is 0 Å². The maximum Gasteiger partial charge on any atom is 0.165 e. The van der Waals surface area contributed by atoms with Gasteiger partial charge in [0.15, 0.2) is 11.5 Å². The van der Waals surface area contributed by atoms with Crippen molar-refractivity contribution in [3.05, 3.63) is 23.8 Å². The van der Waals surface area contributed by atoms with Crippen LogP contribution in [0.2, 0.25) is 0 Å². The molecule has 0 amide bonds. The lowest BCUT2D eigenvalue weighted by Crippen LogP contribution is -2.45. The van der Waals surface area contributed by atoms with Gasteiger partial charge >= 0.3 is 0 Å². The number of methoxy groups -OCH3 is 2. The lowest BCUT2D eigenvalue weighted by Gasteiger charge is -2.36. The largest absolute Gasteiger partial charge is 0.493 e. The standard InChI is InChI=1S/C17H26N2O2/c1-20-16-5-3-4-14(17(16)21-2)15(12-13-6-7-13)19-10-8-18-9-11-19/h3-5,13,15,18H,6-12H2,1-2H3/t15-/m1/s1. The van der Waals surface area contributed by atoms with E-state index in [4.69, 9.17) is 9.47 Å². The number of hydrogen-bond donors (Lipinski definition) is 1. The van der Waals surface area contributed by atoms with Crippen LogP contribution in [0.4, 0.5) is 0 Å². The first kappa shape index (κ1) is 14.7. The first-order chi connectivity index (χ1) is 10.3. The molecule has 1 heterocycles. The van der Waals surface area contributed by atoms with Crippen LogP contribution < -0.4 is 14.8 Å². The van der Waals surface area contributed by atoms with Gasteiger partial charge in [0.05, 0.1) is 14.2 Å². The maximum atomic E-state index is 5.67. The van der Waals surface area contributed by atoms with Crippen LogP contribution in [-0.2, 0) is 0 Å². The molecule has 2 aliphatic rings. The van der Waals surface area contributed by atoms with Gasteiger partial charge < -0.3 is 14.8 Å². The number of rotatable bonds is 6. The summed E-state index contributed by atoms with van der Waals surface area (Å²) in [5, 5.41) is 3.44. The van der Waals surface area contributed by atoms with Crippen LogP contribution in [0.15, 0.2) is 18.2 Å². The van der Waals surface area contributed by atoms with E-state index in [0.717, 1.165) is 43.6 Å². The van der Waals surface area contributed by atoms with Gasteiger partial charge in [-0.05, 0) is 18.4 Å². The molecule has 21 heavy (non-hydrogen) atoms. The van der Waals surface area contributed by atoms with Gasteiger partial charge in [0.1, 0.15) is 0 Å². The summed E-state index contributed by atoms with van der Waals surface area (Å²) < 4.78 is 11.2. The number of nitrogens with zero attached hydrogens (tertiary/aromatic N) is 1. The van der Waals surface area contributed by atoms with Gasteiger partial charge in [-0.2, -0.15) is 0 Å². The van der Waals surface area contributed by atoms with E-state index in [0.29, 0.717) is 6.04 Å². The fraction of sp³-hybridized carbons (Fsp3) is 0.647. The van der Waals surface area contributed by atoms with Crippen LogP contribution in [0.5, 0.6) is 11.5 Å². The summed E-state index contributed by atoms with van der Waals surface area (Å²) in [6.45, 7) is 4.37. The van der Waals surface area contributed by atoms with E-state index in [-0.39, 0.29) is 0 Å². The van der Waals surface area contributed by atoms with E-state index < -0.39 is 0 Å². The van der Waals surface area contributed by atoms with Crippen molar-refractivity contribution in [3.8, 4) is 11.5 Å². The lowest BCUT2D eigenvalue weighted by molar-refractivity contribution is 0.157. The van der Waals surface area contributed by atoms with Gasteiger partial charge in [-0.15, -0.1) is 0 Å². The minimum Gasteiger partial charge on any atom is -0.493 e. The fourth-order valence-corrected chi connectivity index (χ4v) is 3.31. The molecule has 0 spiro atoms. The van der Waals surface area contributed by atoms with E-state index >= 15 is 0 Å². The van der Waals surface area contributed by atoms with Crippen LogP contribution >= 0.6 is 0 Å². The zero-order chi connectivity index (χ0) is 14.7. The molecule has 0 unspecified atom stereocenters. The topological polar surface area (TPSA) is 33.7 Å². The number of hydrogen-bond acceptors (Lipinski definition) is 4. The van der Waals surface area contributed by atoms with E-state index in [2.05, 4.69) is 22.3 Å². The second-order valence-corrected chi connectivity index (χ2v) is 6.06. The molecule has 1 saturated heterocycles. The molecule has 1 atom stereocenters. The molecular formula is C17H26N2O2. The van der Waals surface area contributed by atoms with Crippen LogP contribution in [0.3, 0.4) is 0 Å². The predicted octanol–water partition coefficient (Wildman–Crippen LogP) is 2.45. The van der Waals surface area contributed by atoms with E-state index in [1.807, 2.05) is 6.07 Å². The van der Waals surface area contributed by atoms with Crippen molar-refractivity contribution in [1.82, 2.24) is 10.2 Å². The van der Waals surface area contributed by atoms with Gasteiger partial charge in [0.2, 0.25) is 0 Å². The normalized spacial score (nSPS) is 21.0. The summed E-state index contributed by atoms with van der Waals surface area (Å²) in [7, 11) is 3.45. The first-order valence-corrected chi connectivity index (χ1v) is 7.99. The van der Waals surface area contributed by atoms with Gasteiger partial charge in [0.25, 0.3) is 0 Å². The van der Waals surface area contributed by atoms with Gasteiger partial charge in [-0.1, -0.05) is 25.0 Å². The third-order valence-electron chi connectivity index (χ3n) is 4.64. The average Bonchev–Trinajstić information content (AvgIpc) is 3.36. The number of para-hydroxylation sites is 1. The number of ether oxygens (including phenoxy) is 2. The smallest absolute Gasteiger partial charge is 0.165 e. The highest BCUT2D eigenvalue weighted by Gasteiger charge is 2.32. The Morgan fingerprint density at radius 3 is 2.57 bits per heavy atom. The third kappa shape index (κ3) is 3.33. The Balaban J connectivity index is 1.90. The number of benzene rings is 1. The minimum atomic E-state index is 0.449. The molecule has 4 nitrogen and oxygen atoms in total. The highest BCUT2D eigenvalue weighted by Crippen LogP contribution is 2.44. The zero-order valence-electron chi connectivity index (χ0n) is 13.1. The third-order valence-corrected chi connectivity index (χ3v) is 4.64. The molecule has 0 bridgehead atoms. The Morgan fingerprint density at radius 2 is 1.95 bits per heavy atom. The molecule has 2 fully saturated rings. The molecule has 1 aliphatic heterocycles. The van der Waals surface area contributed by atoms with Gasteiger partial charge in [0, 0.05) is 37.8 Å². The molecule has 3 rings (SSSR count). The maximum absolute atomic E-state index is 5.67. The molecule has 0 aromatic heterocycles. The predicted molar refractivity (Wildman–Crippen MR) is 84.1 cm³/mol. The first-order valence-electron chi connectivity index (χ1n) is 7.99. The SMILES string of the molecule is COc1cccc([C@@H](CC2CC2)N2CCNCC2)c1OC. The number of piperazine rings is 1. The van der Waals surface area contributed by atoms with Crippen LogP contribution in [-0.4, -0.2) is 45.3 Å². The Morgan fingerprint density at radius 1 is 1.19 bits per heavy atom. The van der Waals surface area contributed by atoms with Crippen molar-refractivity contribution in [3.63, 3.8) is 0 Å². The summed E-state index contributed by atoms with van der Waals surface area (Å²) in [6.07, 6.45) is 4.01. The second kappa shape index (κ2) is 6.67. The van der Waals surface area contributed by atoms with E-state index in [9.17, 15) is 0 Å². The quantitative estimate of drug-likeness (QED) is 0.872. The van der Waals surface area contributed by atoms with Crippen LogP contribution in [0.25, 0.3) is 0 Å². The fourth-order valence-electron chi connectivity index (χ4n) is 3.31.